The molecular weight excluding hydrogens is 360 g/mol. The Labute approximate surface area is 150 Å². The van der Waals surface area contributed by atoms with Crippen LogP contribution in [0.2, 0.25) is 0 Å². The van der Waals surface area contributed by atoms with Gasteiger partial charge in [0.25, 0.3) is 10.1 Å². The van der Waals surface area contributed by atoms with Crippen molar-refractivity contribution >= 4 is 21.7 Å². The minimum atomic E-state index is -4.62. The van der Waals surface area contributed by atoms with Gasteiger partial charge in [-0.3, -0.25) is 14.1 Å². The second kappa shape index (κ2) is 6.93. The van der Waals surface area contributed by atoms with E-state index in [0.717, 1.165) is 18.3 Å². The van der Waals surface area contributed by atoms with Crippen molar-refractivity contribution in [1.29, 1.82) is 0 Å². The molecule has 1 aromatic carbocycles. The largest absolute Gasteiger partial charge is 0.345 e. The highest BCUT2D eigenvalue weighted by Crippen LogP contribution is 2.33. The Morgan fingerprint density at radius 1 is 1.12 bits per heavy atom. The van der Waals surface area contributed by atoms with Crippen molar-refractivity contribution < 1.29 is 22.6 Å². The SMILES string of the molecule is CC1(S(=O)(=O)O)CC(=O)c2ccccc2C1=O.Cc1cc(C)[nH]c(=O)n1. The van der Waals surface area contributed by atoms with Crippen LogP contribution in [-0.2, 0) is 10.1 Å². The second-order valence-corrected chi connectivity index (χ2v) is 8.04. The fourth-order valence-corrected chi connectivity index (χ4v) is 3.30. The van der Waals surface area contributed by atoms with Crippen LogP contribution in [0.4, 0.5) is 0 Å². The van der Waals surface area contributed by atoms with E-state index in [0.29, 0.717) is 0 Å². The Kier molecular flexibility index (Phi) is 5.24. The Morgan fingerprint density at radius 3 is 2.19 bits per heavy atom. The van der Waals surface area contributed by atoms with Crippen LogP contribution in [0.1, 0.15) is 45.4 Å². The molecule has 0 amide bonds. The zero-order valence-corrected chi connectivity index (χ0v) is 15.3. The van der Waals surface area contributed by atoms with Crippen LogP contribution in [-0.4, -0.2) is 39.3 Å². The van der Waals surface area contributed by atoms with Gasteiger partial charge in [0.05, 0.1) is 0 Å². The lowest BCUT2D eigenvalue weighted by molar-refractivity contribution is 0.0846. The molecule has 1 heterocycles. The first kappa shape index (κ1) is 19.7. The summed E-state index contributed by atoms with van der Waals surface area (Å²) in [6.07, 6.45) is -0.526. The molecule has 1 aliphatic rings. The highest BCUT2D eigenvalue weighted by Gasteiger charge is 2.51. The number of aromatic nitrogens is 2. The fourth-order valence-electron chi connectivity index (χ4n) is 2.64. The van der Waals surface area contributed by atoms with Crippen LogP contribution in [0.3, 0.4) is 0 Å². The van der Waals surface area contributed by atoms with E-state index in [2.05, 4.69) is 9.97 Å². The topological polar surface area (TPSA) is 134 Å². The number of carbonyl (C=O) groups is 2. The van der Waals surface area contributed by atoms with E-state index >= 15 is 0 Å². The van der Waals surface area contributed by atoms with Crippen molar-refractivity contribution in [3.05, 3.63) is 63.3 Å². The summed E-state index contributed by atoms with van der Waals surface area (Å²) < 4.78 is 29.6. The molecule has 0 bridgehead atoms. The van der Waals surface area contributed by atoms with Crippen molar-refractivity contribution in [2.24, 2.45) is 0 Å². The number of Topliss-reactive ketones (excluding diaryl/α,β-unsaturated/α-hetero) is 2. The summed E-state index contributed by atoms with van der Waals surface area (Å²) in [6, 6.07) is 7.82. The molecule has 2 N–H and O–H groups in total. The summed E-state index contributed by atoms with van der Waals surface area (Å²) in [5, 5.41) is 0. The van der Waals surface area contributed by atoms with Crippen molar-refractivity contribution in [3.63, 3.8) is 0 Å². The molecule has 1 aromatic heterocycles. The third-order valence-corrected chi connectivity index (χ3v) is 5.50. The van der Waals surface area contributed by atoms with E-state index < -0.39 is 32.9 Å². The summed E-state index contributed by atoms with van der Waals surface area (Å²) in [7, 11) is -4.62. The number of hydrogen-bond donors (Lipinski definition) is 2. The molecule has 0 saturated carbocycles. The van der Waals surface area contributed by atoms with Gasteiger partial charge < -0.3 is 4.98 Å². The lowest BCUT2D eigenvalue weighted by Gasteiger charge is -2.29. The zero-order chi connectivity index (χ0) is 19.7. The van der Waals surface area contributed by atoms with Gasteiger partial charge in [0.15, 0.2) is 16.3 Å². The minimum Gasteiger partial charge on any atom is -0.310 e. The maximum Gasteiger partial charge on any atom is 0.345 e. The van der Waals surface area contributed by atoms with E-state index in [4.69, 9.17) is 4.55 Å². The predicted molar refractivity (Wildman–Crippen MR) is 94.0 cm³/mol. The summed E-state index contributed by atoms with van der Waals surface area (Å²) >= 11 is 0. The third kappa shape index (κ3) is 3.78. The lowest BCUT2D eigenvalue weighted by Crippen LogP contribution is -2.48. The van der Waals surface area contributed by atoms with Crippen molar-refractivity contribution in [2.75, 3.05) is 0 Å². The molecule has 9 heteroatoms. The maximum absolute atomic E-state index is 12.0. The molecule has 3 rings (SSSR count). The first-order valence-corrected chi connectivity index (χ1v) is 9.08. The molecule has 0 fully saturated rings. The molecule has 1 unspecified atom stereocenters. The monoisotopic (exact) mass is 378 g/mol. The van der Waals surface area contributed by atoms with E-state index in [1.165, 1.54) is 12.1 Å². The summed E-state index contributed by atoms with van der Waals surface area (Å²) in [5.41, 5.74) is 1.60. The number of carbonyl (C=O) groups excluding carboxylic acids is 2. The zero-order valence-electron chi connectivity index (χ0n) is 14.4. The predicted octanol–water partition coefficient (Wildman–Crippen LogP) is 1.49. The van der Waals surface area contributed by atoms with Crippen LogP contribution in [0.5, 0.6) is 0 Å². The number of hydrogen-bond acceptors (Lipinski definition) is 6. The number of rotatable bonds is 1. The van der Waals surface area contributed by atoms with Crippen LogP contribution in [0.25, 0.3) is 0 Å². The second-order valence-electron chi connectivity index (χ2n) is 6.19. The minimum absolute atomic E-state index is 0.0453. The smallest absolute Gasteiger partial charge is 0.310 e. The number of H-pyrrole nitrogens is 1. The average molecular weight is 378 g/mol. The molecule has 26 heavy (non-hydrogen) atoms. The number of nitrogens with one attached hydrogen (secondary N) is 1. The average Bonchev–Trinajstić information content (AvgIpc) is 2.51. The Balaban J connectivity index is 0.000000228. The molecule has 1 aliphatic carbocycles. The van der Waals surface area contributed by atoms with Gasteiger partial charge in [-0.2, -0.15) is 13.4 Å². The van der Waals surface area contributed by atoms with Gasteiger partial charge in [0, 0.05) is 28.9 Å². The molecule has 0 saturated heterocycles. The highest BCUT2D eigenvalue weighted by atomic mass is 32.2. The molecule has 0 spiro atoms. The standard InChI is InChI=1S/C11H10O5S.C6H8N2O/c1-11(17(14,15)16)6-9(12)7-4-2-3-5-8(7)10(11)13;1-4-3-5(2)8-6(9)7-4/h2-5H,6H2,1H3,(H,14,15,16);3H,1-2H3,(H,7,8,9). The Hall–Kier alpha value is -2.65. The van der Waals surface area contributed by atoms with Crippen LogP contribution < -0.4 is 5.69 Å². The summed E-state index contributed by atoms with van der Waals surface area (Å²) in [6.45, 7) is 4.69. The Bertz CT molecular complexity index is 1020. The maximum atomic E-state index is 12.0. The molecule has 0 radical (unpaired) electrons. The normalized spacial score (nSPS) is 19.4. The molecule has 0 aliphatic heterocycles. The molecule has 138 valence electrons. The summed E-state index contributed by atoms with van der Waals surface area (Å²) in [5.74, 6) is -1.20. The van der Waals surface area contributed by atoms with Crippen LogP contribution in [0, 0.1) is 13.8 Å². The lowest BCUT2D eigenvalue weighted by atomic mass is 9.82. The molecule has 1 atom stereocenters. The van der Waals surface area contributed by atoms with Crippen LogP contribution in [0.15, 0.2) is 35.1 Å². The van der Waals surface area contributed by atoms with Gasteiger partial charge in [-0.1, -0.05) is 24.3 Å². The highest BCUT2D eigenvalue weighted by molar-refractivity contribution is 7.88. The summed E-state index contributed by atoms with van der Waals surface area (Å²) in [4.78, 5) is 40.5. The van der Waals surface area contributed by atoms with E-state index in [1.807, 2.05) is 13.0 Å². The van der Waals surface area contributed by atoms with Crippen LogP contribution >= 0.6 is 0 Å². The van der Waals surface area contributed by atoms with Crippen molar-refractivity contribution in [3.8, 4) is 0 Å². The van der Waals surface area contributed by atoms with E-state index in [9.17, 15) is 22.8 Å². The first-order valence-electron chi connectivity index (χ1n) is 7.64. The number of nitrogens with zero attached hydrogens (tertiary/aromatic N) is 1. The quantitative estimate of drug-likeness (QED) is 0.718. The van der Waals surface area contributed by atoms with Gasteiger partial charge in [-0.25, -0.2) is 4.79 Å². The van der Waals surface area contributed by atoms with Crippen molar-refractivity contribution in [1.82, 2.24) is 9.97 Å². The number of benzene rings is 1. The number of fused-ring (bicyclic) bond motifs is 1. The molecule has 2 aromatic rings. The van der Waals surface area contributed by atoms with Gasteiger partial charge in [0.1, 0.15) is 0 Å². The van der Waals surface area contributed by atoms with Gasteiger partial charge in [-0.05, 0) is 26.8 Å². The van der Waals surface area contributed by atoms with Gasteiger partial charge in [-0.15, -0.1) is 0 Å². The first-order chi connectivity index (χ1) is 12.0. The number of aromatic amines is 1. The molecule has 8 nitrogen and oxygen atoms in total. The van der Waals surface area contributed by atoms with Crippen molar-refractivity contribution in [2.45, 2.75) is 31.9 Å². The fraction of sp³-hybridized carbons (Fsp3) is 0.294. The number of aryl methyl sites for hydroxylation is 2. The van der Waals surface area contributed by atoms with E-state index in [-0.39, 0.29) is 16.8 Å². The van der Waals surface area contributed by atoms with E-state index in [1.54, 1.807) is 19.1 Å². The molecular formula is C17H18N2O6S. The van der Waals surface area contributed by atoms with Gasteiger partial charge in [0.2, 0.25) is 0 Å². The number of ketones is 2. The third-order valence-electron chi connectivity index (χ3n) is 4.03. The van der Waals surface area contributed by atoms with Gasteiger partial charge >= 0.3 is 5.69 Å². The Morgan fingerprint density at radius 2 is 1.69 bits per heavy atom.